The van der Waals surface area contributed by atoms with Gasteiger partial charge in [0.15, 0.2) is 5.82 Å². The summed E-state index contributed by atoms with van der Waals surface area (Å²) >= 11 is 6.04. The van der Waals surface area contributed by atoms with Crippen LogP contribution in [0.15, 0.2) is 36.7 Å². The summed E-state index contributed by atoms with van der Waals surface area (Å²) in [5.74, 6) is 0.234. The number of hydrogen-bond acceptors (Lipinski definition) is 4. The number of nitrogens with zero attached hydrogens (tertiary/aromatic N) is 4. The van der Waals surface area contributed by atoms with Gasteiger partial charge in [-0.1, -0.05) is 11.6 Å². The molecule has 0 atom stereocenters. The molecule has 3 aromatic rings. The minimum atomic E-state index is -0.417. The summed E-state index contributed by atoms with van der Waals surface area (Å²) in [7, 11) is 1.81. The van der Waals surface area contributed by atoms with Crippen LogP contribution in [0.5, 0.6) is 0 Å². The highest BCUT2D eigenvalue weighted by Crippen LogP contribution is 2.28. The molecule has 2 heterocycles. The minimum absolute atomic E-state index is 0.234. The summed E-state index contributed by atoms with van der Waals surface area (Å²) in [4.78, 5) is 8.59. The van der Waals surface area contributed by atoms with Crippen molar-refractivity contribution in [3.05, 3.63) is 47.5 Å². The van der Waals surface area contributed by atoms with E-state index in [1.165, 1.54) is 18.2 Å². The third-order valence-electron chi connectivity index (χ3n) is 2.92. The monoisotopic (exact) mass is 303 g/mol. The Kier molecular flexibility index (Phi) is 3.31. The Hall–Kier alpha value is -2.47. The predicted molar refractivity (Wildman–Crippen MR) is 79.1 cm³/mol. The molecule has 7 heteroatoms. The predicted octanol–water partition coefficient (Wildman–Crippen LogP) is 2.92. The zero-order chi connectivity index (χ0) is 15.0. The molecule has 0 saturated carbocycles. The molecule has 5 nitrogen and oxygen atoms in total. The number of hydrogen-bond donors (Lipinski definition) is 1. The normalized spacial score (nSPS) is 10.8. The van der Waals surface area contributed by atoms with Gasteiger partial charge in [-0.25, -0.2) is 14.4 Å². The third kappa shape index (κ3) is 2.71. The second-order valence-corrected chi connectivity index (χ2v) is 4.94. The van der Waals surface area contributed by atoms with Crippen molar-refractivity contribution in [1.29, 1.82) is 0 Å². The maximum absolute atomic E-state index is 13.1. The van der Waals surface area contributed by atoms with Crippen LogP contribution in [0.1, 0.15) is 0 Å². The van der Waals surface area contributed by atoms with Crippen LogP contribution in [0, 0.1) is 5.82 Å². The van der Waals surface area contributed by atoms with Gasteiger partial charge >= 0.3 is 0 Å². The number of nitrogens with two attached hydrogens (primary N) is 1. The van der Waals surface area contributed by atoms with Crippen molar-refractivity contribution in [2.45, 2.75) is 0 Å². The standard InChI is InChI=1S/C14H11ClFN5/c1-21-7-8(6-18-21)12-5-13(17)20-14(19-12)10-3-2-9(16)4-11(10)15/h2-7H,1H3,(H2,17,19,20). The molecule has 3 rings (SSSR count). The summed E-state index contributed by atoms with van der Waals surface area (Å²) in [6, 6.07) is 5.70. The first-order chi connectivity index (χ1) is 10.0. The maximum atomic E-state index is 13.1. The molecule has 0 spiro atoms. The van der Waals surface area contributed by atoms with Crippen LogP contribution >= 0.6 is 11.6 Å². The van der Waals surface area contributed by atoms with Gasteiger partial charge < -0.3 is 5.73 Å². The lowest BCUT2D eigenvalue weighted by Crippen LogP contribution is -1.98. The van der Waals surface area contributed by atoms with Crippen molar-refractivity contribution >= 4 is 17.4 Å². The zero-order valence-corrected chi connectivity index (χ0v) is 11.8. The molecule has 1 aromatic carbocycles. The van der Waals surface area contributed by atoms with E-state index in [0.717, 1.165) is 5.56 Å². The third-order valence-corrected chi connectivity index (χ3v) is 3.23. The molecule has 0 saturated heterocycles. The zero-order valence-electron chi connectivity index (χ0n) is 11.1. The Bertz CT molecular complexity index is 815. The van der Waals surface area contributed by atoms with E-state index in [2.05, 4.69) is 15.1 Å². The van der Waals surface area contributed by atoms with Gasteiger partial charge in [0.2, 0.25) is 0 Å². The van der Waals surface area contributed by atoms with Gasteiger partial charge in [-0.05, 0) is 18.2 Å². The molecule has 0 aliphatic rings. The van der Waals surface area contributed by atoms with Crippen molar-refractivity contribution in [3.8, 4) is 22.6 Å². The van der Waals surface area contributed by atoms with E-state index < -0.39 is 5.82 Å². The van der Waals surface area contributed by atoms with Crippen LogP contribution < -0.4 is 5.73 Å². The fourth-order valence-corrected chi connectivity index (χ4v) is 2.21. The van der Waals surface area contributed by atoms with Crippen LogP contribution in [0.4, 0.5) is 10.2 Å². The number of aromatic nitrogens is 4. The van der Waals surface area contributed by atoms with Gasteiger partial charge in [-0.3, -0.25) is 4.68 Å². The fourth-order valence-electron chi connectivity index (χ4n) is 1.96. The summed E-state index contributed by atoms with van der Waals surface area (Å²) in [5.41, 5.74) is 7.79. The highest BCUT2D eigenvalue weighted by molar-refractivity contribution is 6.33. The highest BCUT2D eigenvalue weighted by atomic mass is 35.5. The number of nitrogen functional groups attached to an aromatic ring is 1. The summed E-state index contributed by atoms with van der Waals surface area (Å²) in [5, 5.41) is 4.33. The van der Waals surface area contributed by atoms with Gasteiger partial charge in [0.25, 0.3) is 0 Å². The van der Waals surface area contributed by atoms with Crippen molar-refractivity contribution in [3.63, 3.8) is 0 Å². The molecule has 0 aliphatic heterocycles. The Morgan fingerprint density at radius 1 is 1.24 bits per heavy atom. The molecule has 0 aliphatic carbocycles. The molecule has 2 aromatic heterocycles. The largest absolute Gasteiger partial charge is 0.384 e. The molecule has 21 heavy (non-hydrogen) atoms. The SMILES string of the molecule is Cn1cc(-c2cc(N)nc(-c3ccc(F)cc3Cl)n2)cn1. The van der Waals surface area contributed by atoms with E-state index in [-0.39, 0.29) is 5.02 Å². The van der Waals surface area contributed by atoms with Crippen LogP contribution in [-0.4, -0.2) is 19.7 Å². The van der Waals surface area contributed by atoms with E-state index in [1.54, 1.807) is 16.9 Å². The van der Waals surface area contributed by atoms with Crippen molar-refractivity contribution < 1.29 is 4.39 Å². The smallest absolute Gasteiger partial charge is 0.163 e. The average Bonchev–Trinajstić information content (AvgIpc) is 2.84. The fraction of sp³-hybridized carbons (Fsp3) is 0.0714. The highest BCUT2D eigenvalue weighted by Gasteiger charge is 2.12. The van der Waals surface area contributed by atoms with Crippen LogP contribution in [0.2, 0.25) is 5.02 Å². The number of halogens is 2. The number of benzene rings is 1. The summed E-state index contributed by atoms with van der Waals surface area (Å²) < 4.78 is 14.8. The van der Waals surface area contributed by atoms with Gasteiger partial charge in [0.05, 0.1) is 16.9 Å². The lowest BCUT2D eigenvalue weighted by Gasteiger charge is -2.06. The second kappa shape index (κ2) is 5.14. The van der Waals surface area contributed by atoms with Crippen molar-refractivity contribution in [1.82, 2.24) is 19.7 Å². The maximum Gasteiger partial charge on any atom is 0.163 e. The number of aryl methyl sites for hydroxylation is 1. The van der Waals surface area contributed by atoms with Gasteiger partial charge in [-0.15, -0.1) is 0 Å². The second-order valence-electron chi connectivity index (χ2n) is 4.53. The summed E-state index contributed by atoms with van der Waals surface area (Å²) in [6.07, 6.45) is 3.50. The molecular formula is C14H11ClFN5. The van der Waals surface area contributed by atoms with Crippen LogP contribution in [0.3, 0.4) is 0 Å². The topological polar surface area (TPSA) is 69.6 Å². The molecule has 0 bridgehead atoms. The van der Waals surface area contributed by atoms with Gasteiger partial charge in [0.1, 0.15) is 11.6 Å². The lowest BCUT2D eigenvalue weighted by molar-refractivity contribution is 0.628. The Morgan fingerprint density at radius 3 is 2.71 bits per heavy atom. The van der Waals surface area contributed by atoms with E-state index in [9.17, 15) is 4.39 Å². The Morgan fingerprint density at radius 2 is 2.05 bits per heavy atom. The molecule has 106 valence electrons. The first-order valence-electron chi connectivity index (χ1n) is 6.12. The Labute approximate surface area is 125 Å². The molecule has 0 radical (unpaired) electrons. The minimum Gasteiger partial charge on any atom is -0.384 e. The average molecular weight is 304 g/mol. The molecule has 0 unspecified atom stereocenters. The molecular weight excluding hydrogens is 293 g/mol. The van der Waals surface area contributed by atoms with E-state index >= 15 is 0 Å². The van der Waals surface area contributed by atoms with Crippen molar-refractivity contribution in [2.24, 2.45) is 7.05 Å². The van der Waals surface area contributed by atoms with Gasteiger partial charge in [-0.2, -0.15) is 5.10 Å². The van der Waals surface area contributed by atoms with E-state index in [1.807, 2.05) is 13.2 Å². The Balaban J connectivity index is 2.13. The van der Waals surface area contributed by atoms with E-state index in [0.29, 0.717) is 22.9 Å². The summed E-state index contributed by atoms with van der Waals surface area (Å²) in [6.45, 7) is 0. The molecule has 0 amide bonds. The molecule has 2 N–H and O–H groups in total. The number of rotatable bonds is 2. The van der Waals surface area contributed by atoms with Crippen LogP contribution in [-0.2, 0) is 7.05 Å². The molecule has 0 fully saturated rings. The first-order valence-corrected chi connectivity index (χ1v) is 6.50. The van der Waals surface area contributed by atoms with E-state index in [4.69, 9.17) is 17.3 Å². The lowest BCUT2D eigenvalue weighted by atomic mass is 10.2. The van der Waals surface area contributed by atoms with Crippen LogP contribution in [0.25, 0.3) is 22.6 Å². The van der Waals surface area contributed by atoms with Crippen molar-refractivity contribution in [2.75, 3.05) is 5.73 Å². The first kappa shape index (κ1) is 13.5. The number of anilines is 1. The quantitative estimate of drug-likeness (QED) is 0.790. The van der Waals surface area contributed by atoms with Gasteiger partial charge in [0, 0.05) is 30.4 Å².